The number of nitrogens with zero attached hydrogens (tertiary/aromatic N) is 2. The average Bonchev–Trinajstić information content (AvgIpc) is 3.05. The van der Waals surface area contributed by atoms with E-state index in [1.807, 2.05) is 0 Å². The Morgan fingerprint density at radius 1 is 1.55 bits per heavy atom. The molecule has 1 aromatic heterocycles. The number of rotatable bonds is 5. The molecule has 0 radical (unpaired) electrons. The molecule has 1 atom stereocenters. The van der Waals surface area contributed by atoms with Crippen molar-refractivity contribution < 1.29 is 19.2 Å². The Labute approximate surface area is 115 Å². The van der Waals surface area contributed by atoms with Gasteiger partial charge in [-0.3, -0.25) is 9.59 Å². The van der Waals surface area contributed by atoms with Gasteiger partial charge in [-0.25, -0.2) is 0 Å². The summed E-state index contributed by atoms with van der Waals surface area (Å²) in [6.45, 7) is 3.94. The van der Waals surface area contributed by atoms with E-state index in [1.54, 1.807) is 0 Å². The summed E-state index contributed by atoms with van der Waals surface area (Å²) < 4.78 is 5.05. The van der Waals surface area contributed by atoms with Gasteiger partial charge < -0.3 is 20.3 Å². The second-order valence-electron chi connectivity index (χ2n) is 5.48. The number of hydrogen-bond acceptors (Lipinski definition) is 6. The monoisotopic (exact) mass is 282 g/mol. The summed E-state index contributed by atoms with van der Waals surface area (Å²) in [5.41, 5.74) is -1.05. The topological polar surface area (TPSA) is 117 Å². The standard InChI is InChI=1S/C12H18N4O4/c1-12(2,11(18)19)6-14-9(17)8-15-10(20-16-8)7-4-3-5-13-7/h7,13H,3-6H2,1-2H3,(H,14,17)(H,18,19). The highest BCUT2D eigenvalue weighted by atomic mass is 16.5. The van der Waals surface area contributed by atoms with Gasteiger partial charge in [-0.2, -0.15) is 4.98 Å². The normalized spacial score (nSPS) is 19.0. The van der Waals surface area contributed by atoms with E-state index < -0.39 is 17.3 Å². The van der Waals surface area contributed by atoms with E-state index in [9.17, 15) is 9.59 Å². The van der Waals surface area contributed by atoms with Gasteiger partial charge in [-0.05, 0) is 33.2 Å². The van der Waals surface area contributed by atoms with Crippen LogP contribution in [0.15, 0.2) is 4.52 Å². The van der Waals surface area contributed by atoms with Crippen molar-refractivity contribution in [1.29, 1.82) is 0 Å². The van der Waals surface area contributed by atoms with Crippen LogP contribution in [0.2, 0.25) is 0 Å². The van der Waals surface area contributed by atoms with Gasteiger partial charge in [0.15, 0.2) is 0 Å². The van der Waals surface area contributed by atoms with Crippen LogP contribution in [0.5, 0.6) is 0 Å². The molecule has 1 aliphatic rings. The quantitative estimate of drug-likeness (QED) is 0.712. The molecule has 1 unspecified atom stereocenters. The van der Waals surface area contributed by atoms with Crippen LogP contribution in [0, 0.1) is 5.41 Å². The van der Waals surface area contributed by atoms with Gasteiger partial charge >= 0.3 is 5.97 Å². The van der Waals surface area contributed by atoms with Crippen LogP contribution in [0.1, 0.15) is 49.2 Å². The lowest BCUT2D eigenvalue weighted by Crippen LogP contribution is -2.39. The number of hydrogen-bond donors (Lipinski definition) is 3. The van der Waals surface area contributed by atoms with Crippen LogP contribution >= 0.6 is 0 Å². The molecule has 1 aromatic rings. The number of carboxylic acid groups (broad SMARTS) is 1. The van der Waals surface area contributed by atoms with Gasteiger partial charge in [0.2, 0.25) is 5.89 Å². The summed E-state index contributed by atoms with van der Waals surface area (Å²) in [5, 5.41) is 18.3. The van der Waals surface area contributed by atoms with Crippen molar-refractivity contribution in [3.8, 4) is 0 Å². The fourth-order valence-electron chi connectivity index (χ4n) is 1.82. The first kappa shape index (κ1) is 14.4. The van der Waals surface area contributed by atoms with Crippen molar-refractivity contribution in [2.24, 2.45) is 5.41 Å². The number of amides is 1. The number of carbonyl (C=O) groups excluding carboxylic acids is 1. The Bertz CT molecular complexity index is 505. The number of aromatic nitrogens is 2. The maximum Gasteiger partial charge on any atom is 0.310 e. The molecule has 1 fully saturated rings. The van der Waals surface area contributed by atoms with Crippen LogP contribution < -0.4 is 10.6 Å². The lowest BCUT2D eigenvalue weighted by atomic mass is 9.94. The van der Waals surface area contributed by atoms with Crippen LogP contribution in [-0.4, -0.2) is 40.2 Å². The third-order valence-corrected chi connectivity index (χ3v) is 3.27. The Morgan fingerprint density at radius 3 is 2.90 bits per heavy atom. The molecule has 0 aromatic carbocycles. The van der Waals surface area contributed by atoms with Crippen molar-refractivity contribution >= 4 is 11.9 Å². The molecular formula is C12H18N4O4. The van der Waals surface area contributed by atoms with E-state index in [4.69, 9.17) is 9.63 Å². The second kappa shape index (κ2) is 5.58. The fraction of sp³-hybridized carbons (Fsp3) is 0.667. The molecule has 1 aliphatic heterocycles. The molecule has 3 N–H and O–H groups in total. The summed E-state index contributed by atoms with van der Waals surface area (Å²) in [6.07, 6.45) is 1.93. The third-order valence-electron chi connectivity index (χ3n) is 3.27. The van der Waals surface area contributed by atoms with Gasteiger partial charge in [0, 0.05) is 6.54 Å². The smallest absolute Gasteiger partial charge is 0.310 e. The lowest BCUT2D eigenvalue weighted by molar-refractivity contribution is -0.146. The number of carbonyl (C=O) groups is 2. The largest absolute Gasteiger partial charge is 0.481 e. The van der Waals surface area contributed by atoms with Crippen molar-refractivity contribution in [2.75, 3.05) is 13.1 Å². The first-order chi connectivity index (χ1) is 9.40. The van der Waals surface area contributed by atoms with E-state index >= 15 is 0 Å². The van der Waals surface area contributed by atoms with Crippen molar-refractivity contribution in [1.82, 2.24) is 20.8 Å². The molecule has 8 heteroatoms. The van der Waals surface area contributed by atoms with Gasteiger partial charge in [-0.1, -0.05) is 5.16 Å². The van der Waals surface area contributed by atoms with Crippen LogP contribution in [0.25, 0.3) is 0 Å². The van der Waals surface area contributed by atoms with Gasteiger partial charge in [0.25, 0.3) is 11.7 Å². The molecule has 0 saturated carbocycles. The number of carboxylic acids is 1. The highest BCUT2D eigenvalue weighted by molar-refractivity contribution is 5.90. The summed E-state index contributed by atoms with van der Waals surface area (Å²) in [4.78, 5) is 26.8. The molecule has 0 spiro atoms. The first-order valence-electron chi connectivity index (χ1n) is 6.49. The maximum atomic E-state index is 11.8. The van der Waals surface area contributed by atoms with E-state index in [0.717, 1.165) is 19.4 Å². The SMILES string of the molecule is CC(C)(CNC(=O)c1noc(C2CCCN2)n1)C(=O)O. The first-order valence-corrected chi connectivity index (χ1v) is 6.49. The summed E-state index contributed by atoms with van der Waals surface area (Å²) >= 11 is 0. The zero-order chi connectivity index (χ0) is 14.8. The Hall–Kier alpha value is -1.96. The molecule has 1 saturated heterocycles. The summed E-state index contributed by atoms with van der Waals surface area (Å²) in [5.74, 6) is -1.20. The molecule has 2 rings (SSSR count). The van der Waals surface area contributed by atoms with E-state index in [-0.39, 0.29) is 18.4 Å². The molecule has 20 heavy (non-hydrogen) atoms. The van der Waals surface area contributed by atoms with Gasteiger partial charge in [-0.15, -0.1) is 0 Å². The molecule has 8 nitrogen and oxygen atoms in total. The minimum absolute atomic E-state index is 0.000453. The average molecular weight is 282 g/mol. The Balaban J connectivity index is 1.94. The summed E-state index contributed by atoms with van der Waals surface area (Å²) in [6, 6.07) is -0.000453. The van der Waals surface area contributed by atoms with Gasteiger partial charge in [0.05, 0.1) is 11.5 Å². The van der Waals surface area contributed by atoms with E-state index in [2.05, 4.69) is 20.8 Å². The Kier molecular flexibility index (Phi) is 4.03. The predicted octanol–water partition coefficient (Wildman–Crippen LogP) is 0.335. The number of nitrogens with one attached hydrogen (secondary N) is 2. The van der Waals surface area contributed by atoms with Crippen molar-refractivity contribution in [2.45, 2.75) is 32.7 Å². The Morgan fingerprint density at radius 2 is 2.30 bits per heavy atom. The predicted molar refractivity (Wildman–Crippen MR) is 68.0 cm³/mol. The van der Waals surface area contributed by atoms with Crippen LogP contribution in [-0.2, 0) is 4.79 Å². The van der Waals surface area contributed by atoms with Gasteiger partial charge in [0.1, 0.15) is 0 Å². The zero-order valence-electron chi connectivity index (χ0n) is 11.5. The highest BCUT2D eigenvalue weighted by Crippen LogP contribution is 2.21. The highest BCUT2D eigenvalue weighted by Gasteiger charge is 2.29. The molecule has 1 amide bonds. The minimum atomic E-state index is -1.05. The third kappa shape index (κ3) is 3.13. The lowest BCUT2D eigenvalue weighted by Gasteiger charge is -2.18. The fourth-order valence-corrected chi connectivity index (χ4v) is 1.82. The number of aliphatic carboxylic acids is 1. The second-order valence-corrected chi connectivity index (χ2v) is 5.48. The molecule has 0 aliphatic carbocycles. The summed E-state index contributed by atoms with van der Waals surface area (Å²) in [7, 11) is 0. The maximum absolute atomic E-state index is 11.8. The van der Waals surface area contributed by atoms with Crippen molar-refractivity contribution in [3.05, 3.63) is 11.7 Å². The molecule has 2 heterocycles. The van der Waals surface area contributed by atoms with Crippen LogP contribution in [0.3, 0.4) is 0 Å². The van der Waals surface area contributed by atoms with Crippen LogP contribution in [0.4, 0.5) is 0 Å². The molecular weight excluding hydrogens is 264 g/mol. The van der Waals surface area contributed by atoms with E-state index in [1.165, 1.54) is 13.8 Å². The molecule has 110 valence electrons. The van der Waals surface area contributed by atoms with Crippen molar-refractivity contribution in [3.63, 3.8) is 0 Å². The zero-order valence-corrected chi connectivity index (χ0v) is 11.5. The molecule has 0 bridgehead atoms. The van der Waals surface area contributed by atoms with E-state index in [0.29, 0.717) is 5.89 Å². The minimum Gasteiger partial charge on any atom is -0.481 e.